The van der Waals surface area contributed by atoms with E-state index in [-0.39, 0.29) is 56.8 Å². The van der Waals surface area contributed by atoms with Crippen LogP contribution in [0, 0.1) is 12.3 Å². The van der Waals surface area contributed by atoms with Crippen LogP contribution in [0.3, 0.4) is 0 Å². The Kier molecular flexibility index (Phi) is 20.5. The van der Waals surface area contributed by atoms with Gasteiger partial charge in [-0.15, -0.1) is 21.5 Å². The van der Waals surface area contributed by atoms with Gasteiger partial charge in [0.2, 0.25) is 17.7 Å². The first-order chi connectivity index (χ1) is 33.8. The summed E-state index contributed by atoms with van der Waals surface area (Å²) in [5.41, 5.74) is 12.6. The van der Waals surface area contributed by atoms with Gasteiger partial charge in [0.25, 0.3) is 0 Å². The number of hydrogen-bond acceptors (Lipinski definition) is 17. The first-order valence-corrected chi connectivity index (χ1v) is 24.1. The molecule has 1 aliphatic heterocycles. The van der Waals surface area contributed by atoms with Gasteiger partial charge in [-0.1, -0.05) is 57.2 Å². The fraction of sp³-hybridized carbons (Fsp3) is 0.490. The molecule has 0 radical (unpaired) electrons. The average Bonchev–Trinajstić information content (AvgIpc) is 4.10. The normalized spacial score (nSPS) is 15.3. The maximum Gasteiger partial charge on any atom is 0.246 e. The molecule has 0 unspecified atom stereocenters. The number of aromatic hydroxyl groups is 1. The first-order valence-electron chi connectivity index (χ1n) is 23.2. The number of nitrogens with zero attached hydrogens (tertiary/aromatic N) is 6. The lowest BCUT2D eigenvalue weighted by Crippen LogP contribution is -2.58. The van der Waals surface area contributed by atoms with Crippen LogP contribution in [0.1, 0.15) is 38.4 Å². The molecular weight excluding hydrogens is 923 g/mol. The summed E-state index contributed by atoms with van der Waals surface area (Å²) in [6, 6.07) is 14.7. The predicted molar refractivity (Wildman–Crippen MR) is 261 cm³/mol. The second-order valence-corrected chi connectivity index (χ2v) is 18.5. The quantitative estimate of drug-likeness (QED) is 0.0449. The molecule has 21 heteroatoms. The summed E-state index contributed by atoms with van der Waals surface area (Å²) in [5.74, 6) is -0.942. The number of likely N-dealkylation sites (tertiary alicyclic amines) is 1. The van der Waals surface area contributed by atoms with E-state index in [1.807, 2.05) is 69.7 Å². The minimum Gasteiger partial charge on any atom is -0.507 e. The summed E-state index contributed by atoms with van der Waals surface area (Å²) >= 11 is 1.57. The molecule has 70 heavy (non-hydrogen) atoms. The number of nitrogen functional groups attached to an aromatic ring is 1. The number of nitrogens with two attached hydrogens (primary N) is 1. The first kappa shape index (κ1) is 53.4. The number of phenolic OH excluding ortho intramolecular Hbond substituents is 1. The number of phenols is 1. The molecule has 3 atom stereocenters. The number of rotatable bonds is 28. The summed E-state index contributed by atoms with van der Waals surface area (Å²) < 4.78 is 35.2. The Balaban J connectivity index is 0.752. The largest absolute Gasteiger partial charge is 0.507 e. The van der Waals surface area contributed by atoms with E-state index < -0.39 is 35.4 Å². The summed E-state index contributed by atoms with van der Waals surface area (Å²) in [6.45, 7) is 11.9. The lowest BCUT2D eigenvalue weighted by atomic mass is 9.85. The van der Waals surface area contributed by atoms with Gasteiger partial charge in [0.1, 0.15) is 24.4 Å². The van der Waals surface area contributed by atoms with E-state index >= 15 is 0 Å². The second kappa shape index (κ2) is 26.9. The van der Waals surface area contributed by atoms with Crippen LogP contribution in [-0.2, 0) is 55.9 Å². The van der Waals surface area contributed by atoms with Gasteiger partial charge in [0.05, 0.1) is 113 Å². The third kappa shape index (κ3) is 16.1. The molecule has 6 rings (SSSR count). The molecule has 0 aliphatic carbocycles. The zero-order valence-corrected chi connectivity index (χ0v) is 41.0. The SMILES string of the molecule is Cc1ncsc1-c1ccc(CNC(=O)[C@@H]2C[C@@H](O)CN2C(=O)[C@@H](NC(=O)COCCOCCOCCOCCOCCOCCn2cc(-c3cc(-c4ccccc4O)nnc3N)cn2)C(C)(C)C)cc1. The molecule has 1 aliphatic rings. The molecule has 3 aromatic heterocycles. The van der Waals surface area contributed by atoms with E-state index in [1.165, 1.54) is 4.90 Å². The highest BCUT2D eigenvalue weighted by Crippen LogP contribution is 2.32. The number of carbonyl (C=O) groups is 3. The van der Waals surface area contributed by atoms with Gasteiger partial charge in [-0.25, -0.2) is 4.98 Å². The van der Waals surface area contributed by atoms with Crippen molar-refractivity contribution in [3.8, 4) is 38.6 Å². The smallest absolute Gasteiger partial charge is 0.246 e. The topological polar surface area (TPSA) is 257 Å². The number of anilines is 1. The molecule has 3 amide bonds. The number of β-amino-alcohol motifs (C(OH)–C–C–N with tert-alkyl or cyclic N) is 1. The van der Waals surface area contributed by atoms with Crippen molar-refractivity contribution in [2.45, 2.75) is 65.4 Å². The molecule has 5 aromatic rings. The fourth-order valence-electron chi connectivity index (χ4n) is 7.48. The van der Waals surface area contributed by atoms with Crippen molar-refractivity contribution in [3.05, 3.63) is 83.8 Å². The Bertz CT molecular complexity index is 2430. The molecule has 20 nitrogen and oxygen atoms in total. The fourth-order valence-corrected chi connectivity index (χ4v) is 8.30. The van der Waals surface area contributed by atoms with Crippen molar-refractivity contribution >= 4 is 34.9 Å². The molecule has 378 valence electrons. The minimum absolute atomic E-state index is 0.0190. The Labute approximate surface area is 411 Å². The predicted octanol–water partition coefficient (Wildman–Crippen LogP) is 3.64. The van der Waals surface area contributed by atoms with Crippen LogP contribution in [0.4, 0.5) is 5.82 Å². The van der Waals surface area contributed by atoms with Gasteiger partial charge < -0.3 is 59.9 Å². The standard InChI is InChI=1S/C49H65N9O11S/c1-33-44(70-32-52-33)35-11-9-34(10-12-35)27-51-47(62)41-25-37(59)30-58(41)48(63)45(49(2,3)4)54-43(61)31-69-24-23-68-22-21-67-20-19-66-18-17-65-16-15-64-14-13-57-29-36(28-53-57)39-26-40(55-56-46(39)50)38-7-5-6-8-42(38)60/h5-12,26,28-29,32,37,41,45,59-60H,13-25,27,30-31H2,1-4H3,(H2,50,56)(H,51,62)(H,54,61)/t37-,41+,45-/m1/s1. The van der Waals surface area contributed by atoms with Crippen LogP contribution in [0.2, 0.25) is 0 Å². The Morgan fingerprint density at radius 3 is 2.09 bits per heavy atom. The molecule has 0 spiro atoms. The van der Waals surface area contributed by atoms with Crippen molar-refractivity contribution in [1.29, 1.82) is 0 Å². The van der Waals surface area contributed by atoms with E-state index in [2.05, 4.69) is 30.9 Å². The molecule has 0 saturated carbocycles. The van der Waals surface area contributed by atoms with E-state index in [1.54, 1.807) is 46.5 Å². The van der Waals surface area contributed by atoms with E-state index in [0.717, 1.165) is 27.3 Å². The van der Waals surface area contributed by atoms with Crippen LogP contribution in [0.25, 0.3) is 32.8 Å². The number of hydrogen-bond donors (Lipinski definition) is 5. The molecule has 6 N–H and O–H groups in total. The van der Waals surface area contributed by atoms with Crippen LogP contribution in [0.5, 0.6) is 5.75 Å². The molecule has 1 saturated heterocycles. The highest BCUT2D eigenvalue weighted by molar-refractivity contribution is 7.13. The molecular formula is C49H65N9O11S. The molecule has 1 fully saturated rings. The maximum atomic E-state index is 13.9. The monoisotopic (exact) mass is 987 g/mol. The van der Waals surface area contributed by atoms with E-state index in [0.29, 0.717) is 82.8 Å². The second-order valence-electron chi connectivity index (χ2n) is 17.6. The number of para-hydroxylation sites is 1. The number of nitrogens with one attached hydrogen (secondary N) is 2. The number of benzene rings is 2. The Morgan fingerprint density at radius 2 is 1.47 bits per heavy atom. The van der Waals surface area contributed by atoms with Crippen molar-refractivity contribution in [2.75, 3.05) is 91.6 Å². The zero-order valence-electron chi connectivity index (χ0n) is 40.2. The van der Waals surface area contributed by atoms with Crippen molar-refractivity contribution in [1.82, 2.24) is 40.5 Å². The zero-order chi connectivity index (χ0) is 49.9. The van der Waals surface area contributed by atoms with E-state index in [4.69, 9.17) is 34.2 Å². The number of ether oxygens (including phenoxy) is 6. The van der Waals surface area contributed by atoms with Gasteiger partial charge in [-0.2, -0.15) is 5.10 Å². The van der Waals surface area contributed by atoms with Gasteiger partial charge in [0, 0.05) is 42.4 Å². The molecule has 0 bridgehead atoms. The van der Waals surface area contributed by atoms with Gasteiger partial charge in [0.15, 0.2) is 5.82 Å². The van der Waals surface area contributed by atoms with Gasteiger partial charge in [-0.05, 0) is 41.7 Å². The number of carbonyl (C=O) groups excluding carboxylic acids is 3. The molecule has 2 aromatic carbocycles. The van der Waals surface area contributed by atoms with Crippen LogP contribution in [-0.4, -0.2) is 162 Å². The van der Waals surface area contributed by atoms with Crippen molar-refractivity contribution in [2.24, 2.45) is 5.41 Å². The summed E-state index contributed by atoms with van der Waals surface area (Å²) in [4.78, 5) is 47.0. The third-order valence-corrected chi connectivity index (χ3v) is 12.2. The average molecular weight is 988 g/mol. The lowest BCUT2D eigenvalue weighted by Gasteiger charge is -2.35. The van der Waals surface area contributed by atoms with Crippen molar-refractivity contribution in [3.63, 3.8) is 0 Å². The summed E-state index contributed by atoms with van der Waals surface area (Å²) in [5, 5.41) is 39.0. The number of aliphatic hydroxyl groups excluding tert-OH is 1. The Hall–Kier alpha value is -5.91. The van der Waals surface area contributed by atoms with E-state index in [9.17, 15) is 24.6 Å². The number of aryl methyl sites for hydroxylation is 1. The van der Waals surface area contributed by atoms with Crippen LogP contribution < -0.4 is 16.4 Å². The van der Waals surface area contributed by atoms with Crippen LogP contribution >= 0.6 is 11.3 Å². The van der Waals surface area contributed by atoms with Crippen LogP contribution in [0.15, 0.2) is 72.5 Å². The summed E-state index contributed by atoms with van der Waals surface area (Å²) in [7, 11) is 0. The number of amides is 3. The number of aliphatic hydroxyl groups is 1. The summed E-state index contributed by atoms with van der Waals surface area (Å²) in [6.07, 6.45) is 2.77. The van der Waals surface area contributed by atoms with Crippen molar-refractivity contribution < 1.29 is 53.0 Å². The van der Waals surface area contributed by atoms with Gasteiger partial charge in [-0.3, -0.25) is 19.1 Å². The molecule has 4 heterocycles. The number of aromatic nitrogens is 5. The third-order valence-electron chi connectivity index (χ3n) is 11.2. The highest BCUT2D eigenvalue weighted by Gasteiger charge is 2.44. The highest BCUT2D eigenvalue weighted by atomic mass is 32.1. The Morgan fingerprint density at radius 1 is 0.843 bits per heavy atom. The minimum atomic E-state index is -0.966. The number of thiazole rings is 1. The maximum absolute atomic E-state index is 13.9. The van der Waals surface area contributed by atoms with Gasteiger partial charge >= 0.3 is 0 Å². The lowest BCUT2D eigenvalue weighted by molar-refractivity contribution is -0.144.